The molecule has 2 aliphatic carbocycles. The van der Waals surface area contributed by atoms with Crippen LogP contribution in [0, 0.1) is 5.92 Å². The van der Waals surface area contributed by atoms with Crippen LogP contribution in [-0.2, 0) is 18.8 Å². The number of benzene rings is 1. The molecule has 1 aliphatic heterocycles. The van der Waals surface area contributed by atoms with Crippen LogP contribution in [0.15, 0.2) is 30.6 Å². The number of nitrogens with zero attached hydrogens (tertiary/aromatic N) is 5. The molecular weight excluding hydrogens is 583 g/mol. The quantitative estimate of drug-likeness (QED) is 0.115. The standard InChI is InChI=1S/C27H36ClN8O5P/c1-15(2)39-25(37)27(10-11-27)34-42(41-19-8-4-17(28)5-9-19)38-13-20-12-16(3)24(40-20)35-14-31-21-22(35)32-26(29)33-23(21)36(30)18-6-7-18/h4-5,8-9,14-16,18,20,24,34H,6-7,10-13,30H2,1-3H3,(H2,29,32,33). The van der Waals surface area contributed by atoms with E-state index in [4.69, 9.17) is 41.7 Å². The van der Waals surface area contributed by atoms with E-state index in [-0.39, 0.29) is 48.9 Å². The number of hydrogen-bond acceptors (Lipinski definition) is 12. The van der Waals surface area contributed by atoms with Crippen molar-refractivity contribution in [2.24, 2.45) is 11.8 Å². The van der Waals surface area contributed by atoms with Crippen molar-refractivity contribution in [3.8, 4) is 5.75 Å². The zero-order chi connectivity index (χ0) is 29.6. The van der Waals surface area contributed by atoms with Gasteiger partial charge in [0.05, 0.1) is 25.1 Å². The van der Waals surface area contributed by atoms with Crippen molar-refractivity contribution >= 4 is 49.0 Å². The van der Waals surface area contributed by atoms with Gasteiger partial charge in [-0.3, -0.25) is 14.4 Å². The Morgan fingerprint density at radius 1 is 1.29 bits per heavy atom. The third-order valence-electron chi connectivity index (χ3n) is 7.50. The monoisotopic (exact) mass is 618 g/mol. The molecule has 2 saturated carbocycles. The number of rotatable bonds is 12. The summed E-state index contributed by atoms with van der Waals surface area (Å²) in [6.07, 6.45) is 4.93. The van der Waals surface area contributed by atoms with Crippen molar-refractivity contribution in [1.82, 2.24) is 24.6 Å². The molecule has 4 atom stereocenters. The van der Waals surface area contributed by atoms with Gasteiger partial charge in [-0.1, -0.05) is 18.5 Å². The Bertz CT molecular complexity index is 1430. The molecule has 4 unspecified atom stereocenters. The van der Waals surface area contributed by atoms with Gasteiger partial charge in [-0.2, -0.15) is 9.97 Å². The number of nitrogens with one attached hydrogen (secondary N) is 1. The number of halogens is 1. The Hall–Kier alpha value is -2.80. The second kappa shape index (κ2) is 11.7. The number of carbonyl (C=O) groups excluding carboxylic acids is 1. The fraction of sp³-hybridized carbons (Fsp3) is 0.556. The highest BCUT2D eigenvalue weighted by atomic mass is 35.5. The normalized spacial score (nSPS) is 23.7. The summed E-state index contributed by atoms with van der Waals surface area (Å²) in [5.41, 5.74) is 6.40. The number of hydrazine groups is 1. The van der Waals surface area contributed by atoms with E-state index >= 15 is 0 Å². The van der Waals surface area contributed by atoms with E-state index in [0.717, 1.165) is 19.3 Å². The van der Waals surface area contributed by atoms with Gasteiger partial charge in [-0.15, -0.1) is 0 Å². The molecule has 6 rings (SSSR count). The molecule has 42 heavy (non-hydrogen) atoms. The van der Waals surface area contributed by atoms with Crippen LogP contribution in [0.5, 0.6) is 5.75 Å². The molecule has 15 heteroatoms. The molecular formula is C27H36ClN8O5P. The van der Waals surface area contributed by atoms with Crippen molar-refractivity contribution in [2.45, 2.75) is 82.9 Å². The number of imidazole rings is 1. The second-order valence-electron chi connectivity index (χ2n) is 11.5. The summed E-state index contributed by atoms with van der Waals surface area (Å²) in [6.45, 7) is 6.01. The number of ether oxygens (including phenoxy) is 2. The molecule has 1 saturated heterocycles. The van der Waals surface area contributed by atoms with Gasteiger partial charge in [0.1, 0.15) is 17.5 Å². The molecule has 13 nitrogen and oxygen atoms in total. The van der Waals surface area contributed by atoms with Crippen LogP contribution in [0.2, 0.25) is 5.02 Å². The lowest BCUT2D eigenvalue weighted by Crippen LogP contribution is -2.40. The van der Waals surface area contributed by atoms with E-state index in [1.54, 1.807) is 35.6 Å². The number of aromatic nitrogens is 4. The van der Waals surface area contributed by atoms with Crippen LogP contribution in [0.3, 0.4) is 0 Å². The summed E-state index contributed by atoms with van der Waals surface area (Å²) < 4.78 is 26.3. The minimum absolute atomic E-state index is 0.125. The van der Waals surface area contributed by atoms with Crippen LogP contribution in [-0.4, -0.2) is 55.9 Å². The number of carbonyl (C=O) groups is 1. The van der Waals surface area contributed by atoms with Gasteiger partial charge in [0, 0.05) is 17.0 Å². The molecule has 226 valence electrons. The Labute approximate surface area is 250 Å². The lowest BCUT2D eigenvalue weighted by atomic mass is 10.1. The van der Waals surface area contributed by atoms with Gasteiger partial charge >= 0.3 is 14.5 Å². The number of anilines is 2. The lowest BCUT2D eigenvalue weighted by molar-refractivity contribution is -0.150. The van der Waals surface area contributed by atoms with Crippen molar-refractivity contribution in [1.29, 1.82) is 0 Å². The maximum atomic E-state index is 12.8. The minimum Gasteiger partial charge on any atom is -0.462 e. The first-order valence-corrected chi connectivity index (χ1v) is 15.7. The van der Waals surface area contributed by atoms with E-state index in [0.29, 0.717) is 40.6 Å². The maximum Gasteiger partial charge on any atom is 0.327 e. The van der Waals surface area contributed by atoms with Crippen molar-refractivity contribution in [3.05, 3.63) is 35.6 Å². The highest BCUT2D eigenvalue weighted by Crippen LogP contribution is 2.48. The topological polar surface area (TPSA) is 165 Å². The fourth-order valence-electron chi connectivity index (χ4n) is 4.99. The van der Waals surface area contributed by atoms with Gasteiger partial charge in [-0.25, -0.2) is 15.9 Å². The van der Waals surface area contributed by atoms with Crippen LogP contribution in [0.25, 0.3) is 11.2 Å². The molecule has 3 aliphatic rings. The number of nitrogen functional groups attached to an aromatic ring is 1. The van der Waals surface area contributed by atoms with Crippen LogP contribution in [0.4, 0.5) is 11.8 Å². The van der Waals surface area contributed by atoms with Gasteiger partial charge in [-0.05, 0) is 70.2 Å². The Morgan fingerprint density at radius 3 is 2.69 bits per heavy atom. The smallest absolute Gasteiger partial charge is 0.327 e. The first kappa shape index (κ1) is 29.3. The summed E-state index contributed by atoms with van der Waals surface area (Å²) in [6, 6.07) is 7.23. The summed E-state index contributed by atoms with van der Waals surface area (Å²) in [4.78, 5) is 26.2. The van der Waals surface area contributed by atoms with Crippen LogP contribution < -0.4 is 26.2 Å². The van der Waals surface area contributed by atoms with Crippen molar-refractivity contribution in [3.63, 3.8) is 0 Å². The average Bonchev–Trinajstić information content (AvgIpc) is 3.86. The molecule has 0 spiro atoms. The zero-order valence-corrected chi connectivity index (χ0v) is 25.4. The minimum atomic E-state index is -1.71. The molecule has 1 aromatic carbocycles. The predicted molar refractivity (Wildman–Crippen MR) is 158 cm³/mol. The Balaban J connectivity index is 1.15. The van der Waals surface area contributed by atoms with Crippen molar-refractivity contribution in [2.75, 3.05) is 17.3 Å². The molecule has 2 aromatic heterocycles. The maximum absolute atomic E-state index is 12.8. The van der Waals surface area contributed by atoms with E-state index in [1.165, 1.54) is 0 Å². The fourth-order valence-corrected chi connectivity index (χ4v) is 6.55. The van der Waals surface area contributed by atoms with Crippen molar-refractivity contribution < 1.29 is 23.3 Å². The molecule has 3 heterocycles. The Morgan fingerprint density at radius 2 is 2.02 bits per heavy atom. The first-order valence-electron chi connectivity index (χ1n) is 14.2. The number of esters is 1. The molecule has 5 N–H and O–H groups in total. The summed E-state index contributed by atoms with van der Waals surface area (Å²) in [7, 11) is -1.71. The lowest BCUT2D eigenvalue weighted by Gasteiger charge is -2.25. The number of hydrogen-bond donors (Lipinski definition) is 3. The van der Waals surface area contributed by atoms with E-state index < -0.39 is 14.1 Å². The van der Waals surface area contributed by atoms with Gasteiger partial charge < -0.3 is 24.3 Å². The third-order valence-corrected chi connectivity index (χ3v) is 9.12. The molecule has 3 aromatic rings. The zero-order valence-electron chi connectivity index (χ0n) is 23.8. The summed E-state index contributed by atoms with van der Waals surface area (Å²) in [5, 5.41) is 5.53. The molecule has 0 radical (unpaired) electrons. The van der Waals surface area contributed by atoms with Gasteiger partial charge in [0.15, 0.2) is 17.0 Å². The summed E-state index contributed by atoms with van der Waals surface area (Å²) >= 11 is 6.05. The third kappa shape index (κ3) is 6.27. The van der Waals surface area contributed by atoms with E-state index in [2.05, 4.69) is 27.0 Å². The largest absolute Gasteiger partial charge is 0.462 e. The second-order valence-corrected chi connectivity index (χ2v) is 13.1. The average molecular weight is 619 g/mol. The van der Waals surface area contributed by atoms with Gasteiger partial charge in [0.25, 0.3) is 0 Å². The summed E-state index contributed by atoms with van der Waals surface area (Å²) in [5.74, 6) is 7.35. The van der Waals surface area contributed by atoms with Gasteiger partial charge in [0.2, 0.25) is 5.95 Å². The SMILES string of the molecule is CC(C)OC(=O)C1(NP(OCC2CC(C)C(n3cnc4c(N(N)C5CC5)nc(N)nc43)O2)Oc2ccc(Cl)cc2)CC1. The van der Waals surface area contributed by atoms with E-state index in [1.807, 2.05) is 18.4 Å². The number of nitrogens with two attached hydrogens (primary N) is 2. The van der Waals surface area contributed by atoms with Crippen LogP contribution >= 0.6 is 20.1 Å². The van der Waals surface area contributed by atoms with Crippen LogP contribution in [0.1, 0.15) is 59.1 Å². The predicted octanol–water partition coefficient (Wildman–Crippen LogP) is 4.22. The highest BCUT2D eigenvalue weighted by molar-refractivity contribution is 7.45. The molecule has 0 amide bonds. The molecule has 3 fully saturated rings. The first-order chi connectivity index (χ1) is 20.1. The highest BCUT2D eigenvalue weighted by Gasteiger charge is 2.54. The van der Waals surface area contributed by atoms with E-state index in [9.17, 15) is 4.79 Å². The Kier molecular flexibility index (Phi) is 8.16. The molecule has 0 bridgehead atoms. The number of fused-ring (bicyclic) bond motifs is 1.